The van der Waals surface area contributed by atoms with E-state index in [-0.39, 0.29) is 11.7 Å². The number of anilines is 1. The maximum absolute atomic E-state index is 13.0. The van der Waals surface area contributed by atoms with Gasteiger partial charge in [0, 0.05) is 10.0 Å². The number of benzene rings is 2. The van der Waals surface area contributed by atoms with Crippen molar-refractivity contribution in [2.75, 3.05) is 4.90 Å². The summed E-state index contributed by atoms with van der Waals surface area (Å²) in [5.41, 5.74) is 1.68. The first-order chi connectivity index (χ1) is 13.3. The van der Waals surface area contributed by atoms with E-state index in [1.54, 1.807) is 36.4 Å². The number of para-hydroxylation sites is 1. The fraction of sp³-hybridized carbons (Fsp3) is 0.190. The molecule has 2 aromatic rings. The number of carbonyl (C=O) groups is 3. The Morgan fingerprint density at radius 2 is 1.82 bits per heavy atom. The molecule has 0 radical (unpaired) electrons. The SMILES string of the molecule is Cc1cc(N2C(=O)NC(=O)/C(=C/c3ccccc3OC(C)C)C2=O)ccc1Br. The van der Waals surface area contributed by atoms with Gasteiger partial charge in [0.1, 0.15) is 11.3 Å². The second-order valence-corrected chi connectivity index (χ2v) is 7.45. The monoisotopic (exact) mass is 442 g/mol. The van der Waals surface area contributed by atoms with Crippen molar-refractivity contribution in [1.29, 1.82) is 0 Å². The van der Waals surface area contributed by atoms with Crippen LogP contribution in [0.2, 0.25) is 0 Å². The number of amides is 4. The molecule has 6 nitrogen and oxygen atoms in total. The normalized spacial score (nSPS) is 16.0. The number of nitrogens with zero attached hydrogens (tertiary/aromatic N) is 1. The highest BCUT2D eigenvalue weighted by Gasteiger charge is 2.37. The van der Waals surface area contributed by atoms with Gasteiger partial charge in [0.25, 0.3) is 11.8 Å². The maximum atomic E-state index is 13.0. The first-order valence-corrected chi connectivity index (χ1v) is 9.50. The van der Waals surface area contributed by atoms with Crippen LogP contribution < -0.4 is 15.0 Å². The summed E-state index contributed by atoms with van der Waals surface area (Å²) in [4.78, 5) is 38.6. The van der Waals surface area contributed by atoms with Gasteiger partial charge in [0.2, 0.25) is 0 Å². The molecule has 1 heterocycles. The molecule has 2 aromatic carbocycles. The first-order valence-electron chi connectivity index (χ1n) is 8.71. The average molecular weight is 443 g/mol. The largest absolute Gasteiger partial charge is 0.490 e. The Morgan fingerprint density at radius 1 is 1.11 bits per heavy atom. The van der Waals surface area contributed by atoms with Crippen LogP contribution in [-0.2, 0) is 9.59 Å². The number of ether oxygens (including phenoxy) is 1. The fourth-order valence-corrected chi connectivity index (χ4v) is 3.02. The predicted octanol–water partition coefficient (Wildman–Crippen LogP) is 4.21. The Kier molecular flexibility index (Phi) is 5.65. The molecule has 4 amide bonds. The van der Waals surface area contributed by atoms with Crippen LogP contribution in [0.3, 0.4) is 0 Å². The van der Waals surface area contributed by atoms with Crippen molar-refractivity contribution >= 4 is 45.5 Å². The van der Waals surface area contributed by atoms with Gasteiger partial charge >= 0.3 is 6.03 Å². The van der Waals surface area contributed by atoms with Crippen LogP contribution in [0.25, 0.3) is 6.08 Å². The second-order valence-electron chi connectivity index (χ2n) is 6.60. The molecule has 0 aromatic heterocycles. The van der Waals surface area contributed by atoms with Crippen molar-refractivity contribution in [2.45, 2.75) is 26.9 Å². The average Bonchev–Trinajstić information content (AvgIpc) is 2.62. The van der Waals surface area contributed by atoms with Crippen molar-refractivity contribution < 1.29 is 19.1 Å². The Morgan fingerprint density at radius 3 is 2.50 bits per heavy atom. The van der Waals surface area contributed by atoms with Gasteiger partial charge in [-0.1, -0.05) is 34.1 Å². The summed E-state index contributed by atoms with van der Waals surface area (Å²) in [5.74, 6) is -0.872. The van der Waals surface area contributed by atoms with Gasteiger partial charge in [-0.3, -0.25) is 14.9 Å². The maximum Gasteiger partial charge on any atom is 0.335 e. The number of imide groups is 2. The number of halogens is 1. The van der Waals surface area contributed by atoms with E-state index in [0.717, 1.165) is 14.9 Å². The van der Waals surface area contributed by atoms with Crippen LogP contribution in [0.1, 0.15) is 25.0 Å². The summed E-state index contributed by atoms with van der Waals surface area (Å²) < 4.78 is 6.60. The van der Waals surface area contributed by atoms with Crippen molar-refractivity contribution in [3.63, 3.8) is 0 Å². The summed E-state index contributed by atoms with van der Waals surface area (Å²) in [6.07, 6.45) is 1.37. The number of urea groups is 1. The molecule has 7 heteroatoms. The van der Waals surface area contributed by atoms with Crippen LogP contribution >= 0.6 is 15.9 Å². The number of rotatable bonds is 4. The topological polar surface area (TPSA) is 75.7 Å². The Bertz CT molecular complexity index is 998. The quantitative estimate of drug-likeness (QED) is 0.568. The van der Waals surface area contributed by atoms with E-state index in [9.17, 15) is 14.4 Å². The van der Waals surface area contributed by atoms with Gasteiger partial charge in [-0.15, -0.1) is 0 Å². The molecule has 28 heavy (non-hydrogen) atoms. The minimum absolute atomic E-state index is 0.0701. The molecule has 0 atom stereocenters. The molecule has 1 aliphatic heterocycles. The van der Waals surface area contributed by atoms with Crippen LogP contribution in [-0.4, -0.2) is 23.9 Å². The summed E-state index contributed by atoms with van der Waals surface area (Å²) in [7, 11) is 0. The highest BCUT2D eigenvalue weighted by molar-refractivity contribution is 9.10. The summed E-state index contributed by atoms with van der Waals surface area (Å²) >= 11 is 3.39. The molecular weight excluding hydrogens is 424 g/mol. The van der Waals surface area contributed by atoms with Crippen molar-refractivity contribution in [3.8, 4) is 5.75 Å². The number of aryl methyl sites for hydroxylation is 1. The lowest BCUT2D eigenvalue weighted by molar-refractivity contribution is -0.122. The van der Waals surface area contributed by atoms with E-state index in [0.29, 0.717) is 17.0 Å². The minimum Gasteiger partial charge on any atom is -0.490 e. The first kappa shape index (κ1) is 19.8. The highest BCUT2D eigenvalue weighted by atomic mass is 79.9. The lowest BCUT2D eigenvalue weighted by atomic mass is 10.1. The van der Waals surface area contributed by atoms with E-state index in [4.69, 9.17) is 4.74 Å². The molecule has 1 N–H and O–H groups in total. The molecule has 1 aliphatic rings. The van der Waals surface area contributed by atoms with E-state index in [2.05, 4.69) is 21.2 Å². The van der Waals surface area contributed by atoms with Crippen LogP contribution in [0, 0.1) is 6.92 Å². The van der Waals surface area contributed by atoms with Crippen molar-refractivity contribution in [3.05, 3.63) is 63.6 Å². The highest BCUT2D eigenvalue weighted by Crippen LogP contribution is 2.28. The molecule has 0 unspecified atom stereocenters. The number of barbiturate groups is 1. The van der Waals surface area contributed by atoms with Gasteiger partial charge in [0.05, 0.1) is 11.8 Å². The molecule has 3 rings (SSSR count). The van der Waals surface area contributed by atoms with E-state index in [1.165, 1.54) is 6.08 Å². The Labute approximate surface area is 171 Å². The lowest BCUT2D eigenvalue weighted by Crippen LogP contribution is -2.54. The third-order valence-corrected chi connectivity index (χ3v) is 4.97. The van der Waals surface area contributed by atoms with Crippen LogP contribution in [0.15, 0.2) is 52.5 Å². The van der Waals surface area contributed by atoms with Gasteiger partial charge in [0.15, 0.2) is 0 Å². The van der Waals surface area contributed by atoms with Gasteiger partial charge < -0.3 is 4.74 Å². The standard InChI is InChI=1S/C21H19BrN2O4/c1-12(2)28-18-7-5-4-6-14(18)11-16-19(25)23-21(27)24(20(16)26)15-8-9-17(22)13(3)10-15/h4-12H,1-3H3,(H,23,25,27)/b16-11-. The minimum atomic E-state index is -0.777. The summed E-state index contributed by atoms with van der Waals surface area (Å²) in [5, 5.41) is 2.23. The molecule has 0 spiro atoms. The third-order valence-electron chi connectivity index (χ3n) is 4.08. The molecular formula is C21H19BrN2O4. The number of hydrogen-bond acceptors (Lipinski definition) is 4. The van der Waals surface area contributed by atoms with E-state index < -0.39 is 17.8 Å². The smallest absolute Gasteiger partial charge is 0.335 e. The van der Waals surface area contributed by atoms with E-state index >= 15 is 0 Å². The number of carbonyl (C=O) groups excluding carboxylic acids is 3. The Hall–Kier alpha value is -2.93. The summed E-state index contributed by atoms with van der Waals surface area (Å²) in [6, 6.07) is 11.4. The lowest BCUT2D eigenvalue weighted by Gasteiger charge is -2.27. The fourth-order valence-electron chi connectivity index (χ4n) is 2.78. The second kappa shape index (κ2) is 7.98. The molecule has 0 aliphatic carbocycles. The zero-order chi connectivity index (χ0) is 20.4. The van der Waals surface area contributed by atoms with Crippen molar-refractivity contribution in [2.24, 2.45) is 0 Å². The molecule has 144 valence electrons. The van der Waals surface area contributed by atoms with E-state index in [1.807, 2.05) is 26.8 Å². The van der Waals surface area contributed by atoms with Crippen LogP contribution in [0.4, 0.5) is 10.5 Å². The van der Waals surface area contributed by atoms with Crippen molar-refractivity contribution in [1.82, 2.24) is 5.32 Å². The molecule has 1 saturated heterocycles. The molecule has 0 saturated carbocycles. The van der Waals surface area contributed by atoms with Gasteiger partial charge in [-0.2, -0.15) is 0 Å². The van der Waals surface area contributed by atoms with Gasteiger partial charge in [-0.25, -0.2) is 9.69 Å². The predicted molar refractivity (Wildman–Crippen MR) is 110 cm³/mol. The third kappa shape index (κ3) is 3.99. The Balaban J connectivity index is 2.03. The zero-order valence-corrected chi connectivity index (χ0v) is 17.2. The zero-order valence-electron chi connectivity index (χ0n) is 15.7. The number of hydrogen-bond donors (Lipinski definition) is 1. The summed E-state index contributed by atoms with van der Waals surface area (Å²) in [6.45, 7) is 5.62. The van der Waals surface area contributed by atoms with Crippen LogP contribution in [0.5, 0.6) is 5.75 Å². The number of nitrogens with one attached hydrogen (secondary N) is 1. The molecule has 1 fully saturated rings. The van der Waals surface area contributed by atoms with Gasteiger partial charge in [-0.05, 0) is 56.7 Å². The molecule has 0 bridgehead atoms.